The molecule has 6 nitrogen and oxygen atoms in total. The summed E-state index contributed by atoms with van der Waals surface area (Å²) in [6.07, 6.45) is 0. The summed E-state index contributed by atoms with van der Waals surface area (Å²) >= 11 is 0. The number of aliphatic hydroxyl groups excluding tert-OH is 1. The lowest BCUT2D eigenvalue weighted by molar-refractivity contribution is 0.238. The zero-order valence-corrected chi connectivity index (χ0v) is 12.3. The fourth-order valence-electron chi connectivity index (χ4n) is 1.29. The third kappa shape index (κ3) is 5.32. The zero-order chi connectivity index (χ0) is 14.5. The van der Waals surface area contributed by atoms with Gasteiger partial charge in [0.2, 0.25) is 5.09 Å². The summed E-state index contributed by atoms with van der Waals surface area (Å²) in [4.78, 5) is 0. The van der Waals surface area contributed by atoms with Gasteiger partial charge in [-0.15, -0.1) is 0 Å². The maximum Gasteiger partial charge on any atom is 0.273 e. The van der Waals surface area contributed by atoms with E-state index in [1.165, 1.54) is 6.07 Å². The minimum atomic E-state index is -3.64. The third-order valence-electron chi connectivity index (χ3n) is 2.52. The number of hydrogen-bond donors (Lipinski definition) is 3. The minimum Gasteiger partial charge on any atom is -0.447 e. The van der Waals surface area contributed by atoms with Crippen molar-refractivity contribution in [2.24, 2.45) is 5.92 Å². The van der Waals surface area contributed by atoms with E-state index in [1.54, 1.807) is 13.0 Å². The fourth-order valence-corrected chi connectivity index (χ4v) is 2.40. The number of furan rings is 1. The van der Waals surface area contributed by atoms with E-state index in [2.05, 4.69) is 10.0 Å². The molecule has 1 unspecified atom stereocenters. The van der Waals surface area contributed by atoms with Gasteiger partial charge in [0.15, 0.2) is 0 Å². The molecule has 0 bridgehead atoms. The van der Waals surface area contributed by atoms with E-state index in [0.717, 1.165) is 0 Å². The van der Waals surface area contributed by atoms with Gasteiger partial charge in [0.05, 0.1) is 6.54 Å². The van der Waals surface area contributed by atoms with Crippen LogP contribution in [0, 0.1) is 5.92 Å². The van der Waals surface area contributed by atoms with E-state index < -0.39 is 10.0 Å². The average Bonchev–Trinajstić information content (AvgIpc) is 2.83. The van der Waals surface area contributed by atoms with Gasteiger partial charge in [-0.1, -0.05) is 20.8 Å². The van der Waals surface area contributed by atoms with Gasteiger partial charge in [-0.05, 0) is 18.1 Å². The average molecular weight is 290 g/mol. The van der Waals surface area contributed by atoms with E-state index in [0.29, 0.717) is 18.3 Å². The molecule has 0 spiro atoms. The highest BCUT2D eigenvalue weighted by molar-refractivity contribution is 7.89. The molecule has 0 saturated heterocycles. The second-order valence-electron chi connectivity index (χ2n) is 4.90. The Morgan fingerprint density at radius 1 is 1.32 bits per heavy atom. The van der Waals surface area contributed by atoms with E-state index in [-0.39, 0.29) is 24.2 Å². The molecule has 0 fully saturated rings. The standard InChI is InChI=1S/C12H22N2O4S/c1-9(2)13-7-11-4-5-12(18-11)19(16,17)14-6-10(3)8-15/h4-5,9-10,13-15H,6-8H2,1-3H3. The van der Waals surface area contributed by atoms with Crippen molar-refractivity contribution in [3.63, 3.8) is 0 Å². The van der Waals surface area contributed by atoms with E-state index in [1.807, 2.05) is 13.8 Å². The molecule has 7 heteroatoms. The van der Waals surface area contributed by atoms with Gasteiger partial charge in [-0.2, -0.15) is 0 Å². The fraction of sp³-hybridized carbons (Fsp3) is 0.667. The lowest BCUT2D eigenvalue weighted by Crippen LogP contribution is -2.29. The molecule has 19 heavy (non-hydrogen) atoms. The molecular weight excluding hydrogens is 268 g/mol. The highest BCUT2D eigenvalue weighted by Gasteiger charge is 2.19. The van der Waals surface area contributed by atoms with E-state index in [9.17, 15) is 8.42 Å². The minimum absolute atomic E-state index is 0.0652. The Balaban J connectivity index is 2.63. The maximum atomic E-state index is 11.9. The lowest BCUT2D eigenvalue weighted by atomic mass is 10.2. The first-order valence-electron chi connectivity index (χ1n) is 6.27. The number of aliphatic hydroxyl groups is 1. The molecular formula is C12H22N2O4S. The molecule has 1 atom stereocenters. The van der Waals surface area contributed by atoms with Gasteiger partial charge < -0.3 is 14.8 Å². The molecule has 0 aliphatic rings. The molecule has 0 radical (unpaired) electrons. The molecule has 0 saturated carbocycles. The molecule has 0 aliphatic carbocycles. The SMILES string of the molecule is CC(CO)CNS(=O)(=O)c1ccc(CNC(C)C)o1. The molecule has 0 amide bonds. The van der Waals surface area contributed by atoms with Crippen molar-refractivity contribution in [1.29, 1.82) is 0 Å². The van der Waals surface area contributed by atoms with Crippen molar-refractivity contribution in [1.82, 2.24) is 10.0 Å². The van der Waals surface area contributed by atoms with Gasteiger partial charge in [0, 0.05) is 19.2 Å². The molecule has 0 aromatic carbocycles. The maximum absolute atomic E-state index is 11.9. The van der Waals surface area contributed by atoms with Crippen LogP contribution < -0.4 is 10.0 Å². The molecule has 1 aromatic rings. The van der Waals surface area contributed by atoms with E-state index in [4.69, 9.17) is 9.52 Å². The smallest absolute Gasteiger partial charge is 0.273 e. The third-order valence-corrected chi connectivity index (χ3v) is 3.82. The number of sulfonamides is 1. The Hall–Kier alpha value is -0.890. The summed E-state index contributed by atoms with van der Waals surface area (Å²) in [5, 5.41) is 11.9. The topological polar surface area (TPSA) is 91.6 Å². The molecule has 1 heterocycles. The quantitative estimate of drug-likeness (QED) is 0.655. The van der Waals surface area contributed by atoms with Crippen LogP contribution in [-0.2, 0) is 16.6 Å². The van der Waals surface area contributed by atoms with Crippen LogP contribution in [0.2, 0.25) is 0 Å². The molecule has 3 N–H and O–H groups in total. The van der Waals surface area contributed by atoms with Crippen molar-refractivity contribution >= 4 is 10.0 Å². The van der Waals surface area contributed by atoms with Gasteiger partial charge >= 0.3 is 0 Å². The zero-order valence-electron chi connectivity index (χ0n) is 11.5. The largest absolute Gasteiger partial charge is 0.447 e. The van der Waals surface area contributed by atoms with Crippen molar-refractivity contribution in [2.75, 3.05) is 13.2 Å². The van der Waals surface area contributed by atoms with Gasteiger partial charge in [0.1, 0.15) is 5.76 Å². The van der Waals surface area contributed by atoms with Crippen LogP contribution in [0.25, 0.3) is 0 Å². The normalized spacial score (nSPS) is 13.9. The highest BCUT2D eigenvalue weighted by Crippen LogP contribution is 2.14. The number of hydrogen-bond acceptors (Lipinski definition) is 5. The molecule has 1 rings (SSSR count). The first kappa shape index (κ1) is 16.2. The summed E-state index contributed by atoms with van der Waals surface area (Å²) < 4.78 is 31.5. The van der Waals surface area contributed by atoms with Gasteiger partial charge in [-0.3, -0.25) is 0 Å². The Kier molecular flexibility index (Phi) is 5.99. The Morgan fingerprint density at radius 2 is 2.00 bits per heavy atom. The second-order valence-corrected chi connectivity index (χ2v) is 6.59. The van der Waals surface area contributed by atoms with Crippen LogP contribution >= 0.6 is 0 Å². The lowest BCUT2D eigenvalue weighted by Gasteiger charge is -2.08. The summed E-state index contributed by atoms with van der Waals surface area (Å²) in [6.45, 7) is 6.35. The van der Waals surface area contributed by atoms with Crippen LogP contribution in [0.1, 0.15) is 26.5 Å². The van der Waals surface area contributed by atoms with Gasteiger partial charge in [-0.25, -0.2) is 13.1 Å². The molecule has 110 valence electrons. The Bertz CT molecular complexity index is 482. The molecule has 0 aliphatic heterocycles. The Labute approximate surface area is 114 Å². The Morgan fingerprint density at radius 3 is 2.58 bits per heavy atom. The summed E-state index contributed by atoms with van der Waals surface area (Å²) in [5.41, 5.74) is 0. The number of rotatable bonds is 8. The number of nitrogens with one attached hydrogen (secondary N) is 2. The van der Waals surface area contributed by atoms with Crippen LogP contribution in [-0.4, -0.2) is 32.7 Å². The van der Waals surface area contributed by atoms with Gasteiger partial charge in [0.25, 0.3) is 10.0 Å². The van der Waals surface area contributed by atoms with Crippen LogP contribution in [0.5, 0.6) is 0 Å². The van der Waals surface area contributed by atoms with Crippen LogP contribution in [0.4, 0.5) is 0 Å². The molecule has 1 aromatic heterocycles. The van der Waals surface area contributed by atoms with Crippen molar-refractivity contribution < 1.29 is 17.9 Å². The summed E-state index contributed by atoms with van der Waals surface area (Å²) in [7, 11) is -3.64. The van der Waals surface area contributed by atoms with Crippen molar-refractivity contribution in [3.05, 3.63) is 17.9 Å². The summed E-state index contributed by atoms with van der Waals surface area (Å²) in [5.74, 6) is 0.441. The van der Waals surface area contributed by atoms with Crippen molar-refractivity contribution in [3.8, 4) is 0 Å². The predicted molar refractivity (Wildman–Crippen MR) is 72.1 cm³/mol. The highest BCUT2D eigenvalue weighted by atomic mass is 32.2. The van der Waals surface area contributed by atoms with Crippen molar-refractivity contribution in [2.45, 2.75) is 38.5 Å². The van der Waals surface area contributed by atoms with E-state index >= 15 is 0 Å². The predicted octanol–water partition coefficient (Wildman–Crippen LogP) is 0.684. The van der Waals surface area contributed by atoms with Crippen LogP contribution in [0.15, 0.2) is 21.6 Å². The summed E-state index contributed by atoms with van der Waals surface area (Å²) in [6, 6.07) is 3.37. The second kappa shape index (κ2) is 7.04. The first-order chi connectivity index (χ1) is 8.85. The first-order valence-corrected chi connectivity index (χ1v) is 7.76. The van der Waals surface area contributed by atoms with Crippen LogP contribution in [0.3, 0.4) is 0 Å². The monoisotopic (exact) mass is 290 g/mol.